The van der Waals surface area contributed by atoms with Crippen LogP contribution in [0.25, 0.3) is 6.08 Å². The van der Waals surface area contributed by atoms with Crippen LogP contribution in [-0.2, 0) is 4.79 Å². The van der Waals surface area contributed by atoms with Gasteiger partial charge in [0.1, 0.15) is 0 Å². The van der Waals surface area contributed by atoms with Crippen LogP contribution in [0.1, 0.15) is 22.8 Å². The SMILES string of the molecule is CCOc1cc(/C=C2\SC(=O)NC2=O)cc(Br)c1OC(=O)c1cccc(Cl)c1. The number of imide groups is 1. The molecule has 28 heavy (non-hydrogen) atoms. The monoisotopic (exact) mass is 481 g/mol. The summed E-state index contributed by atoms with van der Waals surface area (Å²) in [6, 6.07) is 9.69. The maximum absolute atomic E-state index is 12.5. The Morgan fingerprint density at radius 1 is 1.29 bits per heavy atom. The Labute approximate surface area is 178 Å². The van der Waals surface area contributed by atoms with Crippen molar-refractivity contribution in [1.82, 2.24) is 5.32 Å². The summed E-state index contributed by atoms with van der Waals surface area (Å²) in [5, 5.41) is 2.19. The molecule has 0 unspecified atom stereocenters. The van der Waals surface area contributed by atoms with Crippen LogP contribution >= 0.6 is 39.3 Å². The van der Waals surface area contributed by atoms with Gasteiger partial charge in [-0.2, -0.15) is 0 Å². The maximum Gasteiger partial charge on any atom is 0.343 e. The van der Waals surface area contributed by atoms with Crippen molar-refractivity contribution in [1.29, 1.82) is 0 Å². The largest absolute Gasteiger partial charge is 0.490 e. The summed E-state index contributed by atoms with van der Waals surface area (Å²) >= 11 is 10.1. The maximum atomic E-state index is 12.5. The van der Waals surface area contributed by atoms with Gasteiger partial charge >= 0.3 is 5.97 Å². The summed E-state index contributed by atoms with van der Waals surface area (Å²) in [5.41, 5.74) is 0.899. The minimum absolute atomic E-state index is 0.202. The molecule has 0 atom stereocenters. The van der Waals surface area contributed by atoms with E-state index in [-0.39, 0.29) is 10.7 Å². The number of amides is 2. The van der Waals surface area contributed by atoms with E-state index in [9.17, 15) is 14.4 Å². The van der Waals surface area contributed by atoms with Crippen LogP contribution in [0.3, 0.4) is 0 Å². The molecule has 3 rings (SSSR count). The van der Waals surface area contributed by atoms with Gasteiger partial charge in [0.2, 0.25) is 0 Å². The lowest BCUT2D eigenvalue weighted by Gasteiger charge is -2.14. The van der Waals surface area contributed by atoms with Crippen LogP contribution in [0.15, 0.2) is 45.8 Å². The summed E-state index contributed by atoms with van der Waals surface area (Å²) in [5.74, 6) is -0.533. The van der Waals surface area contributed by atoms with Gasteiger partial charge < -0.3 is 9.47 Å². The molecule has 1 saturated heterocycles. The van der Waals surface area contributed by atoms with Gasteiger partial charge in [-0.3, -0.25) is 14.9 Å². The minimum Gasteiger partial charge on any atom is -0.490 e. The fourth-order valence-corrected chi connectivity index (χ4v) is 3.79. The van der Waals surface area contributed by atoms with Crippen LogP contribution in [0.4, 0.5) is 4.79 Å². The minimum atomic E-state index is -0.591. The molecular formula is C19H13BrClNO5S. The second kappa shape index (κ2) is 8.81. The molecule has 1 fully saturated rings. The summed E-state index contributed by atoms with van der Waals surface area (Å²) in [7, 11) is 0. The van der Waals surface area contributed by atoms with Gasteiger partial charge in [-0.05, 0) is 76.6 Å². The van der Waals surface area contributed by atoms with Crippen molar-refractivity contribution in [3.63, 3.8) is 0 Å². The fourth-order valence-electron chi connectivity index (χ4n) is 2.37. The highest BCUT2D eigenvalue weighted by Crippen LogP contribution is 2.39. The number of esters is 1. The predicted octanol–water partition coefficient (Wildman–Crippen LogP) is 5.04. The predicted molar refractivity (Wildman–Crippen MR) is 111 cm³/mol. The molecule has 2 aromatic carbocycles. The normalized spacial score (nSPS) is 14.9. The average Bonchev–Trinajstić information content (AvgIpc) is 2.95. The summed E-state index contributed by atoms with van der Waals surface area (Å²) in [6.07, 6.45) is 1.56. The van der Waals surface area contributed by atoms with Crippen molar-refractivity contribution >= 4 is 62.5 Å². The Balaban J connectivity index is 1.93. The van der Waals surface area contributed by atoms with E-state index in [0.717, 1.165) is 11.8 Å². The number of ether oxygens (including phenoxy) is 2. The van der Waals surface area contributed by atoms with Gasteiger partial charge in [-0.1, -0.05) is 17.7 Å². The van der Waals surface area contributed by atoms with Gasteiger partial charge in [0.05, 0.1) is 21.5 Å². The molecule has 144 valence electrons. The molecule has 0 radical (unpaired) electrons. The quantitative estimate of drug-likeness (QED) is 0.365. The highest BCUT2D eigenvalue weighted by molar-refractivity contribution is 9.10. The molecule has 0 spiro atoms. The first-order valence-corrected chi connectivity index (χ1v) is 10.0. The van der Waals surface area contributed by atoms with E-state index in [1.165, 1.54) is 6.07 Å². The zero-order valence-electron chi connectivity index (χ0n) is 14.5. The van der Waals surface area contributed by atoms with Crippen LogP contribution in [-0.4, -0.2) is 23.7 Å². The van der Waals surface area contributed by atoms with Gasteiger partial charge in [0, 0.05) is 5.02 Å². The molecule has 1 aliphatic heterocycles. The Morgan fingerprint density at radius 3 is 2.71 bits per heavy atom. The van der Waals surface area contributed by atoms with Gasteiger partial charge in [-0.25, -0.2) is 4.79 Å². The zero-order chi connectivity index (χ0) is 20.3. The number of nitrogens with one attached hydrogen (secondary N) is 1. The first-order valence-electron chi connectivity index (χ1n) is 8.06. The van der Waals surface area contributed by atoms with Crippen molar-refractivity contribution in [3.05, 3.63) is 61.9 Å². The topological polar surface area (TPSA) is 81.7 Å². The van der Waals surface area contributed by atoms with Crippen molar-refractivity contribution in [2.75, 3.05) is 6.61 Å². The van der Waals surface area contributed by atoms with Crippen LogP contribution < -0.4 is 14.8 Å². The molecule has 6 nitrogen and oxygen atoms in total. The molecule has 0 aromatic heterocycles. The van der Waals surface area contributed by atoms with E-state index < -0.39 is 17.1 Å². The number of hydrogen-bond acceptors (Lipinski definition) is 6. The highest BCUT2D eigenvalue weighted by atomic mass is 79.9. The number of benzene rings is 2. The van der Waals surface area contributed by atoms with E-state index in [0.29, 0.717) is 33.0 Å². The molecule has 2 aromatic rings. The van der Waals surface area contributed by atoms with Crippen molar-refractivity contribution < 1.29 is 23.9 Å². The molecule has 2 amide bonds. The Bertz CT molecular complexity index is 1010. The average molecular weight is 483 g/mol. The molecule has 0 bridgehead atoms. The molecule has 1 heterocycles. The molecule has 1 N–H and O–H groups in total. The number of rotatable bonds is 5. The van der Waals surface area contributed by atoms with Gasteiger partial charge in [-0.15, -0.1) is 0 Å². The van der Waals surface area contributed by atoms with E-state index in [2.05, 4.69) is 21.2 Å². The summed E-state index contributed by atoms with van der Waals surface area (Å²) < 4.78 is 11.6. The van der Waals surface area contributed by atoms with Crippen LogP contribution in [0.5, 0.6) is 11.5 Å². The third-order valence-electron chi connectivity index (χ3n) is 3.53. The molecule has 0 aliphatic carbocycles. The van der Waals surface area contributed by atoms with Crippen molar-refractivity contribution in [2.45, 2.75) is 6.92 Å². The number of thioether (sulfide) groups is 1. The second-order valence-electron chi connectivity index (χ2n) is 5.52. The lowest BCUT2D eigenvalue weighted by Crippen LogP contribution is -2.17. The Morgan fingerprint density at radius 2 is 2.07 bits per heavy atom. The number of carbonyl (C=O) groups excluding carboxylic acids is 3. The zero-order valence-corrected chi connectivity index (χ0v) is 17.6. The highest BCUT2D eigenvalue weighted by Gasteiger charge is 2.25. The summed E-state index contributed by atoms with van der Waals surface area (Å²) in [4.78, 5) is 35.8. The first-order chi connectivity index (χ1) is 13.4. The molecule has 0 saturated carbocycles. The van der Waals surface area contributed by atoms with Gasteiger partial charge in [0.25, 0.3) is 11.1 Å². The molecular weight excluding hydrogens is 470 g/mol. The lowest BCUT2D eigenvalue weighted by atomic mass is 10.1. The summed E-state index contributed by atoms with van der Waals surface area (Å²) in [6.45, 7) is 2.13. The third-order valence-corrected chi connectivity index (χ3v) is 5.16. The lowest BCUT2D eigenvalue weighted by molar-refractivity contribution is -0.115. The molecule has 1 aliphatic rings. The number of carbonyl (C=O) groups is 3. The Hall–Kier alpha value is -2.29. The smallest absolute Gasteiger partial charge is 0.343 e. The van der Waals surface area contributed by atoms with E-state index >= 15 is 0 Å². The van der Waals surface area contributed by atoms with E-state index in [4.69, 9.17) is 21.1 Å². The second-order valence-corrected chi connectivity index (χ2v) is 7.82. The van der Waals surface area contributed by atoms with Crippen molar-refractivity contribution in [3.8, 4) is 11.5 Å². The standard InChI is InChI=1S/C19H13BrClNO5S/c1-2-26-14-7-10(8-15-17(23)22-19(25)28-15)6-13(20)16(14)27-18(24)11-4-3-5-12(21)9-11/h3-9H,2H2,1H3,(H,22,23,25)/b15-8-. The third kappa shape index (κ3) is 4.76. The van der Waals surface area contributed by atoms with Crippen LogP contribution in [0, 0.1) is 0 Å². The molecule has 9 heteroatoms. The first kappa shape index (κ1) is 20.4. The number of halogens is 2. The Kier molecular flexibility index (Phi) is 6.43. The van der Waals surface area contributed by atoms with Gasteiger partial charge in [0.15, 0.2) is 11.5 Å². The van der Waals surface area contributed by atoms with Crippen molar-refractivity contribution in [2.24, 2.45) is 0 Å². The fraction of sp³-hybridized carbons (Fsp3) is 0.105. The number of hydrogen-bond donors (Lipinski definition) is 1. The van der Waals surface area contributed by atoms with E-state index in [1.807, 2.05) is 0 Å². The van der Waals surface area contributed by atoms with E-state index in [1.54, 1.807) is 43.3 Å². The van der Waals surface area contributed by atoms with Crippen LogP contribution in [0.2, 0.25) is 5.02 Å².